The summed E-state index contributed by atoms with van der Waals surface area (Å²) in [6.07, 6.45) is 7.77. The molecule has 0 bridgehead atoms. The van der Waals surface area contributed by atoms with Gasteiger partial charge >= 0.3 is 0 Å². The van der Waals surface area contributed by atoms with E-state index in [0.29, 0.717) is 19.0 Å². The monoisotopic (exact) mass is 412 g/mol. The molecule has 3 heterocycles. The Bertz CT molecular complexity index is 926. The van der Waals surface area contributed by atoms with E-state index < -0.39 is 0 Å². The number of benzene rings is 1. The van der Waals surface area contributed by atoms with E-state index in [0.717, 1.165) is 17.3 Å². The molecule has 0 saturated carbocycles. The molecular formula is C20H24N6O2S. The predicted molar refractivity (Wildman–Crippen MR) is 112 cm³/mol. The Morgan fingerprint density at radius 1 is 1.28 bits per heavy atom. The highest BCUT2D eigenvalue weighted by Gasteiger charge is 2.26. The molecule has 2 aromatic heterocycles. The van der Waals surface area contributed by atoms with Crippen LogP contribution in [0.4, 0.5) is 5.13 Å². The predicted octanol–water partition coefficient (Wildman–Crippen LogP) is 2.58. The topological polar surface area (TPSA) is 91.3 Å². The van der Waals surface area contributed by atoms with E-state index in [9.17, 15) is 0 Å². The molecule has 29 heavy (non-hydrogen) atoms. The van der Waals surface area contributed by atoms with Gasteiger partial charge in [-0.2, -0.15) is 9.36 Å². The van der Waals surface area contributed by atoms with Gasteiger partial charge in [0, 0.05) is 49.0 Å². The number of aromatic nitrogens is 4. The average molecular weight is 413 g/mol. The van der Waals surface area contributed by atoms with E-state index >= 15 is 0 Å². The fourth-order valence-electron chi connectivity index (χ4n) is 3.28. The van der Waals surface area contributed by atoms with Crippen LogP contribution in [0.1, 0.15) is 12.5 Å². The van der Waals surface area contributed by atoms with Gasteiger partial charge in [-0.1, -0.05) is 30.3 Å². The van der Waals surface area contributed by atoms with Crippen LogP contribution in [0.15, 0.2) is 61.1 Å². The van der Waals surface area contributed by atoms with Crippen LogP contribution in [0.25, 0.3) is 5.95 Å². The summed E-state index contributed by atoms with van der Waals surface area (Å²) in [7, 11) is 0. The van der Waals surface area contributed by atoms with E-state index in [1.807, 2.05) is 19.2 Å². The standard InChI is InChI=1S/C20H24N6O2S/c1-15(21)10-26(20-23-19(24-29-20)25-8-7-22-13-25)11-17(18-12-27-14-28-18)9-16-5-3-2-4-6-16/h2-8,12-13,15,17H,9-11,14,21H2,1H3. The maximum atomic E-state index is 6.14. The fourth-order valence-corrected chi connectivity index (χ4v) is 3.97. The fraction of sp³-hybridized carbons (Fsp3) is 0.350. The molecule has 9 heteroatoms. The smallest absolute Gasteiger partial charge is 0.248 e. The van der Waals surface area contributed by atoms with Crippen LogP contribution in [0.5, 0.6) is 0 Å². The highest BCUT2D eigenvalue weighted by Crippen LogP contribution is 2.27. The van der Waals surface area contributed by atoms with Crippen LogP contribution in [0, 0.1) is 5.92 Å². The third-order valence-corrected chi connectivity index (χ3v) is 5.35. The Balaban J connectivity index is 1.57. The van der Waals surface area contributed by atoms with Crippen molar-refractivity contribution in [2.75, 3.05) is 24.8 Å². The van der Waals surface area contributed by atoms with E-state index in [2.05, 4.69) is 38.5 Å². The molecule has 0 saturated heterocycles. The Hall–Kier alpha value is -2.91. The van der Waals surface area contributed by atoms with Crippen LogP contribution in [0.2, 0.25) is 0 Å². The van der Waals surface area contributed by atoms with Gasteiger partial charge in [0.25, 0.3) is 0 Å². The summed E-state index contributed by atoms with van der Waals surface area (Å²) in [5, 5.41) is 0.823. The number of imidazole rings is 1. The number of ether oxygens (including phenoxy) is 2. The number of nitrogens with zero attached hydrogens (tertiary/aromatic N) is 5. The molecule has 2 atom stereocenters. The third-order valence-electron chi connectivity index (χ3n) is 4.58. The van der Waals surface area contributed by atoms with Crippen LogP contribution in [0.3, 0.4) is 0 Å². The first-order valence-electron chi connectivity index (χ1n) is 9.50. The van der Waals surface area contributed by atoms with Gasteiger partial charge in [-0.15, -0.1) is 0 Å². The maximum absolute atomic E-state index is 6.14. The summed E-state index contributed by atoms with van der Waals surface area (Å²) in [5.41, 5.74) is 7.38. The second-order valence-corrected chi connectivity index (χ2v) is 7.80. The van der Waals surface area contributed by atoms with Gasteiger partial charge in [0.15, 0.2) is 0 Å². The molecule has 2 N–H and O–H groups in total. The van der Waals surface area contributed by atoms with E-state index in [-0.39, 0.29) is 18.8 Å². The largest absolute Gasteiger partial charge is 0.462 e. The van der Waals surface area contributed by atoms with Gasteiger partial charge in [0.2, 0.25) is 17.9 Å². The first-order chi connectivity index (χ1) is 14.2. The molecule has 8 nitrogen and oxygen atoms in total. The molecule has 0 radical (unpaired) electrons. The van der Waals surface area contributed by atoms with Crippen molar-refractivity contribution in [2.24, 2.45) is 11.7 Å². The van der Waals surface area contributed by atoms with Crippen molar-refractivity contribution >= 4 is 16.7 Å². The molecule has 4 rings (SSSR count). The summed E-state index contributed by atoms with van der Waals surface area (Å²) in [5.74, 6) is 1.57. The van der Waals surface area contributed by atoms with E-state index in [1.54, 1.807) is 23.4 Å². The molecule has 0 spiro atoms. The molecule has 2 unspecified atom stereocenters. The summed E-state index contributed by atoms with van der Waals surface area (Å²) >= 11 is 1.36. The number of rotatable bonds is 9. The first-order valence-corrected chi connectivity index (χ1v) is 10.3. The van der Waals surface area contributed by atoms with Crippen LogP contribution < -0.4 is 10.6 Å². The third kappa shape index (κ3) is 4.93. The minimum Gasteiger partial charge on any atom is -0.462 e. The van der Waals surface area contributed by atoms with Crippen molar-refractivity contribution < 1.29 is 9.47 Å². The van der Waals surface area contributed by atoms with Gasteiger partial charge in [0.1, 0.15) is 18.3 Å². The molecule has 1 aliphatic rings. The lowest BCUT2D eigenvalue weighted by atomic mass is 9.97. The number of nitrogens with two attached hydrogens (primary N) is 1. The molecule has 0 fully saturated rings. The zero-order chi connectivity index (χ0) is 20.1. The quantitative estimate of drug-likeness (QED) is 0.577. The summed E-state index contributed by atoms with van der Waals surface area (Å²) in [4.78, 5) is 10.9. The van der Waals surface area contributed by atoms with Crippen molar-refractivity contribution in [3.8, 4) is 5.95 Å². The molecule has 3 aromatic rings. The van der Waals surface area contributed by atoms with Crippen LogP contribution >= 0.6 is 11.5 Å². The van der Waals surface area contributed by atoms with E-state index in [1.165, 1.54) is 17.1 Å². The van der Waals surface area contributed by atoms with Crippen molar-refractivity contribution in [1.29, 1.82) is 0 Å². The summed E-state index contributed by atoms with van der Waals surface area (Å²) < 4.78 is 17.3. The van der Waals surface area contributed by atoms with Gasteiger partial charge in [-0.3, -0.25) is 4.57 Å². The lowest BCUT2D eigenvalue weighted by molar-refractivity contribution is 0.0708. The molecule has 1 aromatic carbocycles. The molecule has 1 aliphatic heterocycles. The Labute approximate surface area is 173 Å². The Kier molecular flexibility index (Phi) is 6.06. The molecule has 0 aliphatic carbocycles. The summed E-state index contributed by atoms with van der Waals surface area (Å²) in [6, 6.07) is 10.4. The minimum absolute atomic E-state index is 0.0114. The zero-order valence-electron chi connectivity index (χ0n) is 16.2. The van der Waals surface area contributed by atoms with Crippen molar-refractivity contribution in [2.45, 2.75) is 19.4 Å². The maximum Gasteiger partial charge on any atom is 0.248 e. The van der Waals surface area contributed by atoms with Gasteiger partial charge in [-0.25, -0.2) is 4.98 Å². The van der Waals surface area contributed by atoms with Crippen molar-refractivity contribution in [3.63, 3.8) is 0 Å². The summed E-state index contributed by atoms with van der Waals surface area (Å²) in [6.45, 7) is 3.62. The lowest BCUT2D eigenvalue weighted by Gasteiger charge is -2.28. The van der Waals surface area contributed by atoms with Gasteiger partial charge in [-0.05, 0) is 18.9 Å². The molecule has 152 valence electrons. The Morgan fingerprint density at radius 2 is 2.14 bits per heavy atom. The number of hydrogen-bond acceptors (Lipinski definition) is 8. The van der Waals surface area contributed by atoms with Crippen molar-refractivity contribution in [3.05, 3.63) is 66.6 Å². The number of hydrogen-bond donors (Lipinski definition) is 1. The van der Waals surface area contributed by atoms with Crippen LogP contribution in [-0.4, -0.2) is 44.8 Å². The zero-order valence-corrected chi connectivity index (χ0v) is 17.0. The molecular weight excluding hydrogens is 388 g/mol. The SMILES string of the molecule is CC(N)CN(CC(Cc1ccccc1)C1=COCO1)c1nc(-n2ccnc2)ns1. The lowest BCUT2D eigenvalue weighted by Crippen LogP contribution is -2.39. The highest BCUT2D eigenvalue weighted by atomic mass is 32.1. The molecule has 0 amide bonds. The minimum atomic E-state index is -0.0114. The highest BCUT2D eigenvalue weighted by molar-refractivity contribution is 7.09. The van der Waals surface area contributed by atoms with Gasteiger partial charge in [0.05, 0.1) is 0 Å². The van der Waals surface area contributed by atoms with Crippen molar-refractivity contribution in [1.82, 2.24) is 18.9 Å². The second-order valence-electron chi connectivity index (χ2n) is 7.06. The normalized spacial score (nSPS) is 15.3. The Morgan fingerprint density at radius 3 is 2.83 bits per heavy atom. The second kappa shape index (κ2) is 9.06. The van der Waals surface area contributed by atoms with Crippen LogP contribution in [-0.2, 0) is 15.9 Å². The number of anilines is 1. The van der Waals surface area contributed by atoms with Gasteiger partial charge < -0.3 is 20.1 Å². The average Bonchev–Trinajstić information content (AvgIpc) is 3.49. The van der Waals surface area contributed by atoms with E-state index in [4.69, 9.17) is 20.2 Å². The first kappa shape index (κ1) is 19.4.